The maximum absolute atomic E-state index is 12.3. The molecule has 9 heteroatoms. The van der Waals surface area contributed by atoms with E-state index >= 15 is 0 Å². The molecule has 0 aromatic carbocycles. The van der Waals surface area contributed by atoms with Crippen LogP contribution in [0, 0.1) is 51.6 Å². The molecule has 7 nitrogen and oxygen atoms in total. The third-order valence-corrected chi connectivity index (χ3v) is 6.23. The van der Waals surface area contributed by atoms with E-state index in [9.17, 15) is 14.4 Å². The van der Waals surface area contributed by atoms with Gasteiger partial charge in [-0.3, -0.25) is 14.4 Å². The molecule has 1 fully saturated rings. The van der Waals surface area contributed by atoms with E-state index in [1.165, 1.54) is 0 Å². The molecular weight excluding hydrogens is 567 g/mol. The number of hydrogen-bond acceptors (Lipinski definition) is 4. The summed E-state index contributed by atoms with van der Waals surface area (Å²) in [5, 5.41) is 8.65. The minimum atomic E-state index is -0.751. The van der Waals surface area contributed by atoms with Gasteiger partial charge >= 0.3 is 39.9 Å². The first-order valence-corrected chi connectivity index (χ1v) is 12.1. The number of carboxylic acid groups (broad SMARTS) is 1. The van der Waals surface area contributed by atoms with Crippen molar-refractivity contribution < 1.29 is 53.6 Å². The molecular formula is C27H31O7STc. The average molecular weight is 599 g/mol. The number of aliphatic carboxylic acids is 1. The molecule has 36 heavy (non-hydrogen) atoms. The summed E-state index contributed by atoms with van der Waals surface area (Å²) < 4.78 is 22.5. The fraction of sp³-hybridized carbons (Fsp3) is 0.444. The van der Waals surface area contributed by atoms with Crippen LogP contribution in [0.25, 0.3) is 0 Å². The Morgan fingerprint density at radius 2 is 1.17 bits per heavy atom. The van der Waals surface area contributed by atoms with Crippen LogP contribution in [0.4, 0.5) is 0 Å². The first-order valence-electron chi connectivity index (χ1n) is 11.3. The fourth-order valence-corrected chi connectivity index (χ4v) is 4.36. The molecule has 1 aromatic heterocycles. The van der Waals surface area contributed by atoms with Crippen LogP contribution in [0.15, 0.2) is 12.1 Å². The average Bonchev–Trinajstić information content (AvgIpc) is 3.60. The molecule has 1 aliphatic carbocycles. The van der Waals surface area contributed by atoms with E-state index in [2.05, 4.69) is 20.0 Å². The summed E-state index contributed by atoms with van der Waals surface area (Å²) in [6, 6.07) is 3.90. The predicted octanol–water partition coefficient (Wildman–Crippen LogP) is 5.71. The first kappa shape index (κ1) is 38.9. The van der Waals surface area contributed by atoms with Gasteiger partial charge in [0, 0.05) is 50.2 Å². The standard InChI is InChI=1S/C24H31O4S.3CO.Tc/c25-21(19-11-7-8-12-19)14-5-3-1-2-4-6-15-22(26)23-18-17-20(29-23)13-9-10-16-24(27)28;3*1-2;/h7-8,11-12,17-18H,1-6,9-10,13-16H2,(H,27,28);;;;/i;;;;1+1. The van der Waals surface area contributed by atoms with Gasteiger partial charge in [-0.1, -0.05) is 25.7 Å². The Morgan fingerprint density at radius 1 is 0.694 bits per heavy atom. The molecule has 1 aliphatic rings. The number of carboxylic acids is 1. The second kappa shape index (κ2) is 28.0. The quantitative estimate of drug-likeness (QED) is 0.113. The van der Waals surface area contributed by atoms with Crippen LogP contribution in [0.5, 0.6) is 0 Å². The van der Waals surface area contributed by atoms with E-state index in [0.717, 1.165) is 67.0 Å². The van der Waals surface area contributed by atoms with Gasteiger partial charge in [-0.25, -0.2) is 0 Å². The second-order valence-electron chi connectivity index (χ2n) is 7.51. The van der Waals surface area contributed by atoms with Gasteiger partial charge in [0.05, 0.1) is 4.88 Å². The van der Waals surface area contributed by atoms with Crippen LogP contribution < -0.4 is 0 Å². The zero-order valence-corrected chi connectivity index (χ0v) is 22.8. The predicted molar refractivity (Wildman–Crippen MR) is 128 cm³/mol. The van der Waals surface area contributed by atoms with Crippen molar-refractivity contribution in [2.45, 2.75) is 77.0 Å². The number of thiophene rings is 1. The minimum absolute atomic E-state index is 0. The van der Waals surface area contributed by atoms with E-state index in [1.54, 1.807) is 11.3 Å². The Balaban J connectivity index is -0.00000144. The van der Waals surface area contributed by atoms with Crippen LogP contribution in [0.3, 0.4) is 0 Å². The summed E-state index contributed by atoms with van der Waals surface area (Å²) in [5.41, 5.74) is 0. The van der Waals surface area contributed by atoms with E-state index in [0.29, 0.717) is 19.3 Å². The first-order chi connectivity index (χ1) is 17.1. The van der Waals surface area contributed by atoms with Crippen molar-refractivity contribution in [3.05, 3.63) is 73.4 Å². The molecule has 1 aromatic rings. The Kier molecular flexibility index (Phi) is 30.2. The number of rotatable bonds is 16. The number of unbranched alkanes of at least 4 members (excludes halogenated alkanes) is 6. The van der Waals surface area contributed by atoms with Crippen molar-refractivity contribution in [1.29, 1.82) is 0 Å². The summed E-state index contributed by atoms with van der Waals surface area (Å²) in [6.45, 7) is 13.5. The van der Waals surface area contributed by atoms with Gasteiger partial charge in [0.25, 0.3) is 0 Å². The van der Waals surface area contributed by atoms with Gasteiger partial charge in [0.2, 0.25) is 0 Å². The Hall–Kier alpha value is -1.62. The topological polar surface area (TPSA) is 131 Å². The Labute approximate surface area is 232 Å². The van der Waals surface area contributed by atoms with Gasteiger partial charge in [-0.05, 0) is 69.9 Å². The van der Waals surface area contributed by atoms with Crippen molar-refractivity contribution >= 4 is 28.9 Å². The van der Waals surface area contributed by atoms with Gasteiger partial charge in [-0.15, -0.1) is 11.3 Å². The molecule has 0 atom stereocenters. The van der Waals surface area contributed by atoms with Gasteiger partial charge in [0.15, 0.2) is 5.78 Å². The molecule has 0 bridgehead atoms. The van der Waals surface area contributed by atoms with Crippen molar-refractivity contribution in [1.82, 2.24) is 0 Å². The van der Waals surface area contributed by atoms with Gasteiger partial charge in [-0.2, -0.15) is 0 Å². The molecule has 0 amide bonds. The summed E-state index contributed by atoms with van der Waals surface area (Å²) >= 11 is 1.55. The molecule has 0 saturated heterocycles. The van der Waals surface area contributed by atoms with Gasteiger partial charge < -0.3 is 5.11 Å². The van der Waals surface area contributed by atoms with E-state index < -0.39 is 5.97 Å². The SMILES string of the molecule is O=C(O)CCCCc1ccc(C(=O)CCCCCCCCC(=O)[C]2[CH][CH][CH][CH]2)s1.[99Tc].[C-]#[O+].[C-]#[O+].[C-]#[O+]. The number of hydrogen-bond donors (Lipinski definition) is 1. The van der Waals surface area contributed by atoms with E-state index in [1.807, 2.05) is 37.8 Å². The summed E-state index contributed by atoms with van der Waals surface area (Å²) in [7, 11) is 0. The second-order valence-corrected chi connectivity index (χ2v) is 8.68. The molecule has 0 spiro atoms. The molecule has 194 valence electrons. The molecule has 6 radical (unpaired) electrons. The maximum atomic E-state index is 12.3. The summed E-state index contributed by atoms with van der Waals surface area (Å²) in [4.78, 5) is 36.7. The molecule has 1 heterocycles. The van der Waals surface area contributed by atoms with Crippen LogP contribution in [0.1, 0.15) is 85.2 Å². The van der Waals surface area contributed by atoms with Gasteiger partial charge in [0.1, 0.15) is 5.78 Å². The number of Topliss-reactive ketones (excluding diaryl/α,β-unsaturated/α-hetero) is 2. The molecule has 2 rings (SSSR count). The Bertz CT molecular complexity index is 762. The third kappa shape index (κ3) is 19.6. The molecule has 0 aliphatic heterocycles. The van der Waals surface area contributed by atoms with Crippen molar-refractivity contribution in [2.24, 2.45) is 0 Å². The van der Waals surface area contributed by atoms with Crippen LogP contribution >= 0.6 is 11.3 Å². The zero-order chi connectivity index (χ0) is 26.9. The number of aryl methyl sites for hydroxylation is 1. The van der Waals surface area contributed by atoms with Crippen molar-refractivity contribution in [3.63, 3.8) is 0 Å². The third-order valence-electron chi connectivity index (χ3n) is 5.04. The fourth-order valence-electron chi connectivity index (χ4n) is 3.34. The molecule has 1 saturated carbocycles. The number of ketones is 2. The summed E-state index contributed by atoms with van der Waals surface area (Å²) in [6.07, 6.45) is 17.5. The van der Waals surface area contributed by atoms with Crippen LogP contribution in [0.2, 0.25) is 0 Å². The zero-order valence-electron chi connectivity index (χ0n) is 20.1. The number of carbonyl (C=O) groups is 3. The number of carbonyl (C=O) groups excluding carboxylic acids is 2. The Morgan fingerprint density at radius 3 is 1.69 bits per heavy atom. The van der Waals surface area contributed by atoms with Crippen molar-refractivity contribution in [3.8, 4) is 0 Å². The molecule has 0 unspecified atom stereocenters. The van der Waals surface area contributed by atoms with Crippen molar-refractivity contribution in [2.75, 3.05) is 0 Å². The van der Waals surface area contributed by atoms with E-state index in [4.69, 9.17) is 19.1 Å². The molecule has 1 N–H and O–H groups in total. The normalized spacial score (nSPS) is 11.7. The monoisotopic (exact) mass is 598 g/mol. The van der Waals surface area contributed by atoms with Crippen LogP contribution in [-0.2, 0) is 50.1 Å². The van der Waals surface area contributed by atoms with E-state index in [-0.39, 0.29) is 38.1 Å². The summed E-state index contributed by atoms with van der Waals surface area (Å²) in [5.74, 6) is 0.517. The van der Waals surface area contributed by atoms with Crippen LogP contribution in [-0.4, -0.2) is 22.6 Å².